The summed E-state index contributed by atoms with van der Waals surface area (Å²) in [6.45, 7) is 1.77. The van der Waals surface area contributed by atoms with Crippen molar-refractivity contribution in [2.45, 2.75) is 22.7 Å². The first-order chi connectivity index (χ1) is 9.97. The van der Waals surface area contributed by atoms with Crippen LogP contribution in [0.15, 0.2) is 40.5 Å². The first-order valence-electron chi connectivity index (χ1n) is 5.92. The smallest absolute Gasteiger partial charge is 0.313 e. The molecule has 2 aromatic rings. The van der Waals surface area contributed by atoms with Gasteiger partial charge in [-0.3, -0.25) is 9.36 Å². The van der Waals surface area contributed by atoms with E-state index in [2.05, 4.69) is 4.98 Å². The molecule has 8 heteroatoms. The topological polar surface area (TPSA) is 55.1 Å². The van der Waals surface area contributed by atoms with Crippen LogP contribution < -0.4 is 0 Å². The minimum absolute atomic E-state index is 0.138. The van der Waals surface area contributed by atoms with Gasteiger partial charge >= 0.3 is 5.97 Å². The van der Waals surface area contributed by atoms with E-state index >= 15 is 0 Å². The molecule has 0 amide bonds. The van der Waals surface area contributed by atoms with E-state index in [4.69, 9.17) is 5.11 Å². The maximum atomic E-state index is 12.6. The zero-order valence-electron chi connectivity index (χ0n) is 11.0. The van der Waals surface area contributed by atoms with Gasteiger partial charge in [0.2, 0.25) is 0 Å². The molecular weight excluding hydrogens is 318 g/mol. The zero-order valence-corrected chi connectivity index (χ0v) is 12.6. The van der Waals surface area contributed by atoms with E-state index in [0.717, 1.165) is 11.8 Å². The molecule has 0 bridgehead atoms. The minimum atomic E-state index is -2.52. The second-order valence-electron chi connectivity index (χ2n) is 4.06. The number of hydrogen-bond acceptors (Lipinski definition) is 4. The van der Waals surface area contributed by atoms with Crippen molar-refractivity contribution < 1.29 is 18.7 Å². The van der Waals surface area contributed by atoms with Gasteiger partial charge in [-0.25, -0.2) is 4.98 Å². The van der Waals surface area contributed by atoms with E-state index in [0.29, 0.717) is 33.2 Å². The quantitative estimate of drug-likeness (QED) is 0.819. The summed E-state index contributed by atoms with van der Waals surface area (Å²) < 4.78 is 26.9. The molecule has 0 atom stereocenters. The molecule has 1 aromatic heterocycles. The molecule has 0 unspecified atom stereocenters. The summed E-state index contributed by atoms with van der Waals surface area (Å²) in [7, 11) is 0. The first kappa shape index (κ1) is 15.8. The van der Waals surface area contributed by atoms with Crippen LogP contribution in [-0.4, -0.2) is 32.1 Å². The number of imidazole rings is 1. The summed E-state index contributed by atoms with van der Waals surface area (Å²) in [5.74, 6) is -3.62. The number of nitrogens with zero attached hydrogens (tertiary/aromatic N) is 2. The van der Waals surface area contributed by atoms with Crippen molar-refractivity contribution in [2.75, 3.05) is 5.75 Å². The highest BCUT2D eigenvalue weighted by molar-refractivity contribution is 8.00. The number of aliphatic carboxylic acids is 1. The van der Waals surface area contributed by atoms with E-state index in [1.807, 2.05) is 0 Å². The van der Waals surface area contributed by atoms with Gasteiger partial charge in [0.05, 0.1) is 17.1 Å². The summed E-state index contributed by atoms with van der Waals surface area (Å²) in [4.78, 5) is 15.3. The third kappa shape index (κ3) is 4.21. The number of carboxylic acid groups (broad SMARTS) is 1. The van der Waals surface area contributed by atoms with Gasteiger partial charge in [-0.05, 0) is 19.1 Å². The monoisotopic (exact) mass is 330 g/mol. The molecule has 2 rings (SSSR count). The molecular formula is C13H12F2N2O2S2. The van der Waals surface area contributed by atoms with Gasteiger partial charge in [-0.15, -0.1) is 0 Å². The van der Waals surface area contributed by atoms with Gasteiger partial charge in [0.1, 0.15) is 0 Å². The standard InChI is InChI=1S/C13H12F2N2O2S2/c1-8-6-17(13(16-8)20-7-11(18)19)9-4-2-3-5-10(9)21-12(14)15/h2-6,12H,7H2,1H3,(H,18,19). The van der Waals surface area contributed by atoms with E-state index in [-0.39, 0.29) is 5.75 Å². The Bertz CT molecular complexity index is 647. The summed E-state index contributed by atoms with van der Waals surface area (Å²) >= 11 is 1.51. The van der Waals surface area contributed by atoms with Crippen LogP contribution in [0.25, 0.3) is 5.69 Å². The second-order valence-corrected chi connectivity index (χ2v) is 6.04. The number of thioether (sulfide) groups is 2. The molecule has 21 heavy (non-hydrogen) atoms. The summed E-state index contributed by atoms with van der Waals surface area (Å²) in [5, 5.41) is 9.23. The Hall–Kier alpha value is -1.54. The lowest BCUT2D eigenvalue weighted by Gasteiger charge is -2.11. The number of halogens is 2. The van der Waals surface area contributed by atoms with Gasteiger partial charge in [0.15, 0.2) is 5.16 Å². The average molecular weight is 330 g/mol. The van der Waals surface area contributed by atoms with Crippen molar-refractivity contribution in [1.82, 2.24) is 9.55 Å². The molecule has 1 N–H and O–H groups in total. The van der Waals surface area contributed by atoms with Crippen LogP contribution in [0.4, 0.5) is 8.78 Å². The number of carbonyl (C=O) groups is 1. The molecule has 0 spiro atoms. The predicted octanol–water partition coefficient (Wildman–Crippen LogP) is 3.67. The van der Waals surface area contributed by atoms with Crippen LogP contribution in [-0.2, 0) is 4.79 Å². The van der Waals surface area contributed by atoms with Crippen LogP contribution >= 0.6 is 23.5 Å². The Kier molecular flexibility index (Phi) is 5.24. The number of alkyl halides is 2. The van der Waals surface area contributed by atoms with Crippen molar-refractivity contribution in [2.24, 2.45) is 0 Å². The maximum absolute atomic E-state index is 12.6. The highest BCUT2D eigenvalue weighted by Gasteiger charge is 2.15. The minimum Gasteiger partial charge on any atom is -0.481 e. The largest absolute Gasteiger partial charge is 0.481 e. The van der Waals surface area contributed by atoms with Gasteiger partial charge in [0.25, 0.3) is 5.76 Å². The third-order valence-electron chi connectivity index (χ3n) is 2.46. The Morgan fingerprint density at radius 2 is 2.14 bits per heavy atom. The fraction of sp³-hybridized carbons (Fsp3) is 0.231. The zero-order chi connectivity index (χ0) is 15.4. The number of hydrogen-bond donors (Lipinski definition) is 1. The number of para-hydroxylation sites is 1. The predicted molar refractivity (Wildman–Crippen MR) is 78.5 cm³/mol. The van der Waals surface area contributed by atoms with Crippen LogP contribution in [0.1, 0.15) is 5.69 Å². The van der Waals surface area contributed by atoms with E-state index in [1.54, 1.807) is 42.0 Å². The molecule has 0 saturated carbocycles. The van der Waals surface area contributed by atoms with E-state index in [1.165, 1.54) is 0 Å². The van der Waals surface area contributed by atoms with E-state index < -0.39 is 11.7 Å². The second kappa shape index (κ2) is 6.95. The number of benzene rings is 1. The SMILES string of the molecule is Cc1cn(-c2ccccc2SC(F)F)c(SCC(=O)O)n1. The molecule has 0 aliphatic carbocycles. The average Bonchev–Trinajstić information content (AvgIpc) is 2.77. The van der Waals surface area contributed by atoms with Crippen LogP contribution in [0, 0.1) is 6.92 Å². The van der Waals surface area contributed by atoms with Gasteiger partial charge in [0, 0.05) is 11.1 Å². The molecule has 0 aliphatic rings. The molecule has 0 saturated heterocycles. The van der Waals surface area contributed by atoms with Crippen LogP contribution in [0.3, 0.4) is 0 Å². The normalized spacial score (nSPS) is 11.0. The van der Waals surface area contributed by atoms with Crippen molar-refractivity contribution in [3.05, 3.63) is 36.2 Å². The first-order valence-corrected chi connectivity index (χ1v) is 7.78. The molecule has 0 fully saturated rings. The summed E-state index contributed by atoms with van der Waals surface area (Å²) in [5.41, 5.74) is 1.26. The number of rotatable bonds is 6. The highest BCUT2D eigenvalue weighted by Crippen LogP contribution is 2.33. The number of aryl methyl sites for hydroxylation is 1. The molecule has 0 radical (unpaired) electrons. The Labute approximate surface area is 128 Å². The lowest BCUT2D eigenvalue weighted by Crippen LogP contribution is -2.02. The third-order valence-corrected chi connectivity index (χ3v) is 4.17. The lowest BCUT2D eigenvalue weighted by atomic mass is 10.3. The van der Waals surface area contributed by atoms with Crippen molar-refractivity contribution in [3.8, 4) is 5.69 Å². The lowest BCUT2D eigenvalue weighted by molar-refractivity contribution is -0.133. The van der Waals surface area contributed by atoms with Gasteiger partial charge in [-0.2, -0.15) is 8.78 Å². The number of carboxylic acids is 1. The summed E-state index contributed by atoms with van der Waals surface area (Å²) in [6, 6.07) is 6.73. The fourth-order valence-electron chi connectivity index (χ4n) is 1.73. The van der Waals surface area contributed by atoms with Crippen molar-refractivity contribution >= 4 is 29.5 Å². The van der Waals surface area contributed by atoms with Crippen molar-refractivity contribution in [1.29, 1.82) is 0 Å². The Morgan fingerprint density at radius 1 is 1.43 bits per heavy atom. The number of aromatic nitrogens is 2. The molecule has 4 nitrogen and oxygen atoms in total. The maximum Gasteiger partial charge on any atom is 0.313 e. The van der Waals surface area contributed by atoms with Crippen LogP contribution in [0.2, 0.25) is 0 Å². The Balaban J connectivity index is 2.39. The molecule has 1 heterocycles. The van der Waals surface area contributed by atoms with Gasteiger partial charge < -0.3 is 5.11 Å². The van der Waals surface area contributed by atoms with Crippen molar-refractivity contribution in [3.63, 3.8) is 0 Å². The fourth-order valence-corrected chi connectivity index (χ4v) is 3.12. The van der Waals surface area contributed by atoms with Crippen LogP contribution in [0.5, 0.6) is 0 Å². The highest BCUT2D eigenvalue weighted by atomic mass is 32.2. The summed E-state index contributed by atoms with van der Waals surface area (Å²) in [6.07, 6.45) is 1.70. The molecule has 112 valence electrons. The molecule has 1 aromatic carbocycles. The molecule has 0 aliphatic heterocycles. The van der Waals surface area contributed by atoms with E-state index in [9.17, 15) is 13.6 Å². The van der Waals surface area contributed by atoms with Gasteiger partial charge in [-0.1, -0.05) is 35.7 Å². The Morgan fingerprint density at radius 3 is 2.81 bits per heavy atom.